The molecule has 1 N–H and O–H groups in total. The van der Waals surface area contributed by atoms with Crippen molar-refractivity contribution in [2.45, 2.75) is 30.8 Å². The molecule has 7 heteroatoms. The molecule has 0 radical (unpaired) electrons. The molecule has 1 aliphatic rings. The third-order valence-corrected chi connectivity index (χ3v) is 6.67. The van der Waals surface area contributed by atoms with Gasteiger partial charge in [-0.05, 0) is 48.0 Å². The Kier molecular flexibility index (Phi) is 4.57. The van der Waals surface area contributed by atoms with Crippen LogP contribution in [0.15, 0.2) is 27.6 Å². The van der Waals surface area contributed by atoms with Crippen LogP contribution in [0.2, 0.25) is 5.02 Å². The van der Waals surface area contributed by atoms with Gasteiger partial charge in [0.05, 0.1) is 9.92 Å². The molecule has 1 saturated heterocycles. The van der Waals surface area contributed by atoms with Gasteiger partial charge in [0.2, 0.25) is 10.0 Å². The Morgan fingerprint density at radius 1 is 1.42 bits per heavy atom. The summed E-state index contributed by atoms with van der Waals surface area (Å²) in [4.78, 5) is 0.268. The Balaban J connectivity index is 2.38. The SMILES string of the molecule is CC1NCCN(S(=O)(=O)c2ccc(Cl)c(Br)c2)C1C. The molecule has 1 heterocycles. The van der Waals surface area contributed by atoms with Crippen molar-refractivity contribution in [2.24, 2.45) is 0 Å². The van der Waals surface area contributed by atoms with E-state index in [1.807, 2.05) is 13.8 Å². The summed E-state index contributed by atoms with van der Waals surface area (Å²) < 4.78 is 27.4. The van der Waals surface area contributed by atoms with E-state index in [-0.39, 0.29) is 17.0 Å². The number of benzene rings is 1. The number of piperazine rings is 1. The minimum atomic E-state index is -3.48. The fourth-order valence-electron chi connectivity index (χ4n) is 2.14. The van der Waals surface area contributed by atoms with Gasteiger partial charge in [0.1, 0.15) is 0 Å². The molecule has 1 aromatic carbocycles. The Morgan fingerprint density at radius 2 is 2.11 bits per heavy atom. The molecule has 0 aliphatic carbocycles. The first-order valence-electron chi connectivity index (χ1n) is 6.04. The molecule has 1 aliphatic heterocycles. The van der Waals surface area contributed by atoms with Crippen LogP contribution in [-0.2, 0) is 10.0 Å². The molecular weight excluding hydrogens is 352 g/mol. The summed E-state index contributed by atoms with van der Waals surface area (Å²) in [6, 6.07) is 4.75. The average Bonchev–Trinajstić information content (AvgIpc) is 2.35. The number of hydrogen-bond donors (Lipinski definition) is 1. The highest BCUT2D eigenvalue weighted by atomic mass is 79.9. The van der Waals surface area contributed by atoms with Gasteiger partial charge < -0.3 is 5.32 Å². The van der Waals surface area contributed by atoms with E-state index in [1.54, 1.807) is 22.5 Å². The van der Waals surface area contributed by atoms with Gasteiger partial charge in [0.25, 0.3) is 0 Å². The van der Waals surface area contributed by atoms with Crippen LogP contribution >= 0.6 is 27.5 Å². The van der Waals surface area contributed by atoms with Crippen molar-refractivity contribution >= 4 is 37.6 Å². The summed E-state index contributed by atoms with van der Waals surface area (Å²) in [5, 5.41) is 3.77. The van der Waals surface area contributed by atoms with Crippen LogP contribution in [0.3, 0.4) is 0 Å². The predicted octanol–water partition coefficient (Wildman–Crippen LogP) is 2.47. The monoisotopic (exact) mass is 366 g/mol. The van der Waals surface area contributed by atoms with Gasteiger partial charge in [0, 0.05) is 29.6 Å². The van der Waals surface area contributed by atoms with Crippen LogP contribution < -0.4 is 5.32 Å². The first kappa shape index (κ1) is 15.3. The minimum Gasteiger partial charge on any atom is -0.311 e. The Morgan fingerprint density at radius 3 is 2.74 bits per heavy atom. The lowest BCUT2D eigenvalue weighted by Gasteiger charge is -2.37. The molecule has 106 valence electrons. The summed E-state index contributed by atoms with van der Waals surface area (Å²) in [5.74, 6) is 0. The van der Waals surface area contributed by atoms with Crippen molar-refractivity contribution in [2.75, 3.05) is 13.1 Å². The lowest BCUT2D eigenvalue weighted by atomic mass is 10.1. The smallest absolute Gasteiger partial charge is 0.243 e. The maximum absolute atomic E-state index is 12.6. The largest absolute Gasteiger partial charge is 0.311 e. The zero-order valence-corrected chi connectivity index (χ0v) is 13.9. The lowest BCUT2D eigenvalue weighted by molar-refractivity contribution is 0.233. The van der Waals surface area contributed by atoms with Gasteiger partial charge in [-0.2, -0.15) is 4.31 Å². The normalized spacial score (nSPS) is 25.5. The predicted molar refractivity (Wildman–Crippen MR) is 80.0 cm³/mol. The number of nitrogens with zero attached hydrogens (tertiary/aromatic N) is 1. The van der Waals surface area contributed by atoms with Crippen LogP contribution in [0.25, 0.3) is 0 Å². The number of sulfonamides is 1. The van der Waals surface area contributed by atoms with Gasteiger partial charge in [-0.1, -0.05) is 11.6 Å². The molecule has 1 fully saturated rings. The molecule has 0 aromatic heterocycles. The van der Waals surface area contributed by atoms with Crippen LogP contribution in [0, 0.1) is 0 Å². The summed E-state index contributed by atoms with van der Waals surface area (Å²) in [5.41, 5.74) is 0. The van der Waals surface area contributed by atoms with E-state index in [1.165, 1.54) is 0 Å². The molecule has 0 saturated carbocycles. The second-order valence-electron chi connectivity index (χ2n) is 4.68. The maximum Gasteiger partial charge on any atom is 0.243 e. The standard InChI is InChI=1S/C12H16BrClN2O2S/c1-8-9(2)16(6-5-15-8)19(17,18)10-3-4-12(14)11(13)7-10/h3-4,7-9,15H,5-6H2,1-2H3. The molecule has 2 atom stereocenters. The van der Waals surface area contributed by atoms with Gasteiger partial charge >= 0.3 is 0 Å². The Bertz CT molecular complexity index is 579. The molecule has 19 heavy (non-hydrogen) atoms. The molecule has 2 unspecified atom stereocenters. The molecule has 1 aromatic rings. The fourth-order valence-corrected chi connectivity index (χ4v) is 4.52. The second-order valence-corrected chi connectivity index (χ2v) is 7.83. The highest BCUT2D eigenvalue weighted by Gasteiger charge is 2.34. The maximum atomic E-state index is 12.6. The van der Waals surface area contributed by atoms with Gasteiger partial charge in [0.15, 0.2) is 0 Å². The average molecular weight is 368 g/mol. The number of hydrogen-bond acceptors (Lipinski definition) is 3. The quantitative estimate of drug-likeness (QED) is 0.873. The van der Waals surface area contributed by atoms with E-state index in [0.29, 0.717) is 22.6 Å². The van der Waals surface area contributed by atoms with E-state index in [9.17, 15) is 8.42 Å². The molecule has 0 amide bonds. The first-order valence-corrected chi connectivity index (χ1v) is 8.65. The third-order valence-electron chi connectivity index (χ3n) is 3.47. The van der Waals surface area contributed by atoms with Crippen LogP contribution in [-0.4, -0.2) is 37.9 Å². The molecule has 2 rings (SSSR count). The second kappa shape index (κ2) is 5.69. The van der Waals surface area contributed by atoms with Crippen molar-refractivity contribution < 1.29 is 8.42 Å². The summed E-state index contributed by atoms with van der Waals surface area (Å²) in [7, 11) is -3.48. The zero-order chi connectivity index (χ0) is 14.2. The Hall–Kier alpha value is -0.140. The molecular formula is C12H16BrClN2O2S. The van der Waals surface area contributed by atoms with E-state index in [4.69, 9.17) is 11.6 Å². The van der Waals surface area contributed by atoms with E-state index in [2.05, 4.69) is 21.2 Å². The van der Waals surface area contributed by atoms with E-state index in [0.717, 1.165) is 0 Å². The van der Waals surface area contributed by atoms with Crippen molar-refractivity contribution in [3.63, 3.8) is 0 Å². The number of nitrogens with one attached hydrogen (secondary N) is 1. The van der Waals surface area contributed by atoms with Crippen LogP contribution in [0.4, 0.5) is 0 Å². The molecule has 0 spiro atoms. The first-order chi connectivity index (χ1) is 8.84. The van der Waals surface area contributed by atoms with E-state index < -0.39 is 10.0 Å². The highest BCUT2D eigenvalue weighted by Crippen LogP contribution is 2.28. The van der Waals surface area contributed by atoms with Crippen molar-refractivity contribution in [1.82, 2.24) is 9.62 Å². The summed E-state index contributed by atoms with van der Waals surface area (Å²) in [6.45, 7) is 5.05. The zero-order valence-electron chi connectivity index (χ0n) is 10.7. The summed E-state index contributed by atoms with van der Waals surface area (Å²) in [6.07, 6.45) is 0. The number of rotatable bonds is 2. The van der Waals surface area contributed by atoms with Gasteiger partial charge in [-0.3, -0.25) is 0 Å². The van der Waals surface area contributed by atoms with Crippen molar-refractivity contribution in [3.8, 4) is 0 Å². The highest BCUT2D eigenvalue weighted by molar-refractivity contribution is 9.10. The number of halogens is 2. The lowest BCUT2D eigenvalue weighted by Crippen LogP contribution is -2.57. The third kappa shape index (κ3) is 2.97. The van der Waals surface area contributed by atoms with Crippen LogP contribution in [0.5, 0.6) is 0 Å². The van der Waals surface area contributed by atoms with Crippen molar-refractivity contribution in [1.29, 1.82) is 0 Å². The summed E-state index contributed by atoms with van der Waals surface area (Å²) >= 11 is 9.17. The molecule has 0 bridgehead atoms. The van der Waals surface area contributed by atoms with Crippen LogP contribution in [0.1, 0.15) is 13.8 Å². The topological polar surface area (TPSA) is 49.4 Å². The van der Waals surface area contributed by atoms with Crippen molar-refractivity contribution in [3.05, 3.63) is 27.7 Å². The van der Waals surface area contributed by atoms with E-state index >= 15 is 0 Å². The Labute approximate surface area is 127 Å². The fraction of sp³-hybridized carbons (Fsp3) is 0.500. The van der Waals surface area contributed by atoms with Gasteiger partial charge in [-0.25, -0.2) is 8.42 Å². The van der Waals surface area contributed by atoms with Gasteiger partial charge in [-0.15, -0.1) is 0 Å². The minimum absolute atomic E-state index is 0.0757. The molecule has 4 nitrogen and oxygen atoms in total.